The van der Waals surface area contributed by atoms with Gasteiger partial charge in [0.25, 0.3) is 0 Å². The van der Waals surface area contributed by atoms with Gasteiger partial charge in [-0.2, -0.15) is 0 Å². The van der Waals surface area contributed by atoms with E-state index in [-0.39, 0.29) is 31.6 Å². The van der Waals surface area contributed by atoms with E-state index in [2.05, 4.69) is 0 Å². The van der Waals surface area contributed by atoms with Crippen LogP contribution in [0.25, 0.3) is 0 Å². The third-order valence-electron chi connectivity index (χ3n) is 10.2. The Morgan fingerprint density at radius 1 is 1.19 bits per heavy atom. The van der Waals surface area contributed by atoms with Gasteiger partial charge in [0.15, 0.2) is 11.5 Å². The highest BCUT2D eigenvalue weighted by Gasteiger charge is 2.85. The van der Waals surface area contributed by atoms with Crippen LogP contribution in [0.1, 0.15) is 53.9 Å². The third kappa shape index (κ3) is 4.30. The molecule has 236 valence electrons. The molecule has 13 nitrogen and oxygen atoms in total. The highest BCUT2D eigenvalue weighted by molar-refractivity contribution is 5.98. The number of hydrogen-bond donors (Lipinski definition) is 3. The summed E-state index contributed by atoms with van der Waals surface area (Å²) in [5.74, 6) is -6.95. The Bertz CT molecular complexity index is 1330. The summed E-state index contributed by atoms with van der Waals surface area (Å²) in [4.78, 5) is 65.9. The van der Waals surface area contributed by atoms with E-state index in [9.17, 15) is 34.2 Å². The van der Waals surface area contributed by atoms with Crippen molar-refractivity contribution in [2.75, 3.05) is 13.7 Å². The number of fused-ring (bicyclic) bond motifs is 2. The van der Waals surface area contributed by atoms with Crippen LogP contribution >= 0.6 is 0 Å². The number of methoxy groups -OCH3 is 1. The Kier molecular flexibility index (Phi) is 7.64. The highest BCUT2D eigenvalue weighted by Crippen LogP contribution is 2.72. The summed E-state index contributed by atoms with van der Waals surface area (Å²) in [5.41, 5.74) is 2.06. The second-order valence-corrected chi connectivity index (χ2v) is 13.1. The molecule has 43 heavy (non-hydrogen) atoms. The molecular formula is C30H39NO12. The standard InChI is InChI=1S/C30H39NO12/c1-12(2)7-18(33)43-22-24-29-11-40-30(24,27(38)39-6)25(36)20(35)23(29)28(5)10-16(32)21(42-19(34)8-13(3)31)14(4)15(28)9-17(29)41-26(22)37/h7,13,15,17,20,22-25,35-36H,8-11,31H2,1-6H3/t13-,15-,17+,20+,22+,23+,24+,25-,28-,29+,30-/m0/s1. The average Bonchev–Trinajstić information content (AvgIpc) is 3.21. The molecule has 0 radical (unpaired) electrons. The third-order valence-corrected chi connectivity index (χ3v) is 10.2. The van der Waals surface area contributed by atoms with E-state index in [4.69, 9.17) is 29.4 Å². The summed E-state index contributed by atoms with van der Waals surface area (Å²) < 4.78 is 28.2. The number of carbonyl (C=O) groups is 5. The molecule has 0 aromatic carbocycles. The highest BCUT2D eigenvalue weighted by atomic mass is 16.6. The number of esters is 4. The summed E-state index contributed by atoms with van der Waals surface area (Å²) in [7, 11) is 1.08. The van der Waals surface area contributed by atoms with Gasteiger partial charge in [0.1, 0.15) is 12.2 Å². The van der Waals surface area contributed by atoms with Gasteiger partial charge < -0.3 is 39.6 Å². The van der Waals surface area contributed by atoms with E-state index in [1.807, 2.05) is 0 Å². The van der Waals surface area contributed by atoms with E-state index >= 15 is 0 Å². The summed E-state index contributed by atoms with van der Waals surface area (Å²) in [6.45, 7) is 8.13. The predicted octanol–water partition coefficient (Wildman–Crippen LogP) is 0.240. The Morgan fingerprint density at radius 3 is 2.47 bits per heavy atom. The van der Waals surface area contributed by atoms with Crippen LogP contribution < -0.4 is 5.73 Å². The van der Waals surface area contributed by atoms with Gasteiger partial charge in [0, 0.05) is 29.9 Å². The van der Waals surface area contributed by atoms with Gasteiger partial charge in [-0.3, -0.25) is 9.59 Å². The fraction of sp³-hybridized carbons (Fsp3) is 0.700. The van der Waals surface area contributed by atoms with Crippen LogP contribution in [0, 0.1) is 28.6 Å². The first-order chi connectivity index (χ1) is 20.1. The molecule has 13 heteroatoms. The van der Waals surface area contributed by atoms with Gasteiger partial charge in [-0.05, 0) is 51.0 Å². The topological polar surface area (TPSA) is 198 Å². The maximum absolute atomic E-state index is 13.6. The Morgan fingerprint density at radius 2 is 1.86 bits per heavy atom. The molecular weight excluding hydrogens is 566 g/mol. The van der Waals surface area contributed by atoms with Crippen molar-refractivity contribution >= 4 is 29.7 Å². The number of carbonyl (C=O) groups excluding carboxylic acids is 5. The number of aliphatic hydroxyl groups is 2. The molecule has 0 amide bonds. The lowest BCUT2D eigenvalue weighted by Gasteiger charge is -2.67. The zero-order chi connectivity index (χ0) is 31.8. The van der Waals surface area contributed by atoms with Crippen LogP contribution in [0.4, 0.5) is 0 Å². The van der Waals surface area contributed by atoms with Crippen molar-refractivity contribution in [1.82, 2.24) is 0 Å². The van der Waals surface area contributed by atoms with Crippen molar-refractivity contribution in [2.45, 2.75) is 89.9 Å². The lowest BCUT2D eigenvalue weighted by atomic mass is 9.38. The van der Waals surface area contributed by atoms with E-state index in [0.29, 0.717) is 11.1 Å². The maximum Gasteiger partial charge on any atom is 0.348 e. The van der Waals surface area contributed by atoms with Gasteiger partial charge in [0.2, 0.25) is 11.7 Å². The molecule has 5 rings (SSSR count). The van der Waals surface area contributed by atoms with Crippen molar-refractivity contribution in [1.29, 1.82) is 0 Å². The molecule has 0 aromatic rings. The second-order valence-electron chi connectivity index (χ2n) is 13.1. The Labute approximate surface area is 248 Å². The summed E-state index contributed by atoms with van der Waals surface area (Å²) in [6, 6.07) is -0.486. The molecule has 2 aliphatic heterocycles. The number of aliphatic hydroxyl groups excluding tert-OH is 2. The molecule has 11 atom stereocenters. The molecule has 4 fully saturated rings. The first-order valence-electron chi connectivity index (χ1n) is 14.4. The van der Waals surface area contributed by atoms with Crippen molar-refractivity contribution in [3.05, 3.63) is 23.0 Å². The number of allylic oxidation sites excluding steroid dienone is 3. The van der Waals surface area contributed by atoms with E-state index in [1.165, 1.54) is 6.08 Å². The quantitative estimate of drug-likeness (QED) is 0.212. The number of rotatable bonds is 6. The van der Waals surface area contributed by atoms with Gasteiger partial charge in [0.05, 0.1) is 32.2 Å². The fourth-order valence-electron chi connectivity index (χ4n) is 8.80. The number of hydrogen-bond acceptors (Lipinski definition) is 13. The summed E-state index contributed by atoms with van der Waals surface area (Å²) >= 11 is 0. The number of Topliss-reactive ketones (excluding diaryl/α,β-unsaturated/α-hetero) is 1. The predicted molar refractivity (Wildman–Crippen MR) is 144 cm³/mol. The Hall–Kier alpha value is -3.13. The van der Waals surface area contributed by atoms with E-state index in [0.717, 1.165) is 7.11 Å². The molecule has 2 bridgehead atoms. The van der Waals surface area contributed by atoms with Crippen LogP contribution in [-0.4, -0.2) is 89.6 Å². The number of ketones is 1. The smallest absolute Gasteiger partial charge is 0.348 e. The molecule has 2 saturated heterocycles. The second kappa shape index (κ2) is 10.5. The molecule has 1 spiro atoms. The fourth-order valence-corrected chi connectivity index (χ4v) is 8.80. The normalized spacial score (nSPS) is 41.7. The zero-order valence-corrected chi connectivity index (χ0v) is 25.1. The molecule has 5 aliphatic rings. The monoisotopic (exact) mass is 605 g/mol. The molecule has 2 saturated carbocycles. The van der Waals surface area contributed by atoms with Gasteiger partial charge in [-0.25, -0.2) is 14.4 Å². The average molecular weight is 606 g/mol. The molecule has 0 unspecified atom stereocenters. The lowest BCUT2D eigenvalue weighted by molar-refractivity contribution is -0.290. The molecule has 0 aromatic heterocycles. The van der Waals surface area contributed by atoms with Crippen LogP contribution in [0.15, 0.2) is 23.0 Å². The van der Waals surface area contributed by atoms with Crippen molar-refractivity contribution in [2.24, 2.45) is 34.3 Å². The Balaban J connectivity index is 1.67. The lowest BCUT2D eigenvalue weighted by Crippen LogP contribution is -2.79. The largest absolute Gasteiger partial charge is 0.467 e. The minimum absolute atomic E-state index is 0.107. The first kappa shape index (κ1) is 31.3. The van der Waals surface area contributed by atoms with Crippen LogP contribution in [-0.2, 0) is 47.7 Å². The van der Waals surface area contributed by atoms with Gasteiger partial charge in [-0.15, -0.1) is 0 Å². The van der Waals surface area contributed by atoms with Crippen molar-refractivity contribution in [3.8, 4) is 0 Å². The number of nitrogens with two attached hydrogens (primary N) is 1. The minimum atomic E-state index is -2.26. The van der Waals surface area contributed by atoms with Gasteiger partial charge in [-0.1, -0.05) is 12.5 Å². The summed E-state index contributed by atoms with van der Waals surface area (Å²) in [5, 5.41) is 23.5. The molecule has 4 N–H and O–H groups in total. The minimum Gasteiger partial charge on any atom is -0.467 e. The maximum atomic E-state index is 13.6. The van der Waals surface area contributed by atoms with Crippen molar-refractivity contribution in [3.63, 3.8) is 0 Å². The first-order valence-corrected chi connectivity index (χ1v) is 14.4. The summed E-state index contributed by atoms with van der Waals surface area (Å²) in [6.07, 6.45) is -5.21. The van der Waals surface area contributed by atoms with Crippen LogP contribution in [0.2, 0.25) is 0 Å². The van der Waals surface area contributed by atoms with E-state index in [1.54, 1.807) is 34.6 Å². The van der Waals surface area contributed by atoms with E-state index < -0.39 is 94.3 Å². The van der Waals surface area contributed by atoms with Gasteiger partial charge >= 0.3 is 23.9 Å². The van der Waals surface area contributed by atoms with Crippen LogP contribution in [0.3, 0.4) is 0 Å². The van der Waals surface area contributed by atoms with Crippen LogP contribution in [0.5, 0.6) is 0 Å². The molecule has 3 aliphatic carbocycles. The number of ether oxygens (including phenoxy) is 5. The molecule has 2 heterocycles. The SMILES string of the molecule is COC(=O)[C@@]12OC[C@]34[C@H]([C@@H](O)[C@@H]1O)[C@@]1(C)CC(=O)C(OC(=O)C[C@H](C)N)=C(C)[C@@H]1C[C@H]3OC(=O)[C@H](OC(=O)C=C(C)C)[C@@H]24. The zero-order valence-electron chi connectivity index (χ0n) is 25.1. The van der Waals surface area contributed by atoms with Crippen molar-refractivity contribution < 1.29 is 57.9 Å².